The fourth-order valence-corrected chi connectivity index (χ4v) is 1.58. The fraction of sp³-hybridized carbons (Fsp3) is 0.333. The Labute approximate surface area is 73.8 Å². The highest BCUT2D eigenvalue weighted by atomic mass is 32.2. The van der Waals surface area contributed by atoms with Gasteiger partial charge in [0.2, 0.25) is 0 Å². The molecular formula is C9H13NOS. The minimum absolute atomic E-state index is 0.826. The highest BCUT2D eigenvalue weighted by Gasteiger charge is 1.95. The molecule has 1 aromatic rings. The van der Waals surface area contributed by atoms with E-state index < -0.39 is 9.73 Å². The lowest BCUT2D eigenvalue weighted by Crippen LogP contribution is -1.89. The minimum atomic E-state index is -2.02. The zero-order valence-electron chi connectivity index (χ0n) is 7.57. The van der Waals surface area contributed by atoms with Crippen LogP contribution in [0.2, 0.25) is 0 Å². The molecule has 0 saturated heterocycles. The first kappa shape index (κ1) is 9.26. The third-order valence-electron chi connectivity index (χ3n) is 1.43. The fourth-order valence-electron chi connectivity index (χ4n) is 0.903. The van der Waals surface area contributed by atoms with E-state index in [4.69, 9.17) is 0 Å². The van der Waals surface area contributed by atoms with Crippen LogP contribution >= 0.6 is 0 Å². The SMILES string of the molecule is Cc1ccccc1N=S(C)(C)=O. The van der Waals surface area contributed by atoms with E-state index in [1.165, 1.54) is 0 Å². The summed E-state index contributed by atoms with van der Waals surface area (Å²) in [6.45, 7) is 1.96. The van der Waals surface area contributed by atoms with Crippen LogP contribution in [0.15, 0.2) is 28.6 Å². The number of hydrogen-bond acceptors (Lipinski definition) is 2. The second-order valence-corrected chi connectivity index (χ2v) is 5.60. The number of aryl methyl sites for hydroxylation is 1. The summed E-state index contributed by atoms with van der Waals surface area (Å²) < 4.78 is 15.5. The molecule has 0 atom stereocenters. The van der Waals surface area contributed by atoms with Gasteiger partial charge in [-0.3, -0.25) is 0 Å². The molecule has 0 fully saturated rings. The number of benzene rings is 1. The van der Waals surface area contributed by atoms with E-state index in [0.29, 0.717) is 0 Å². The van der Waals surface area contributed by atoms with Gasteiger partial charge >= 0.3 is 0 Å². The second-order valence-electron chi connectivity index (χ2n) is 3.06. The Morgan fingerprint density at radius 2 is 1.83 bits per heavy atom. The molecule has 0 aliphatic rings. The Morgan fingerprint density at radius 3 is 2.33 bits per heavy atom. The van der Waals surface area contributed by atoms with Crippen LogP contribution in [0.1, 0.15) is 5.56 Å². The molecule has 0 aliphatic heterocycles. The third-order valence-corrected chi connectivity index (χ3v) is 2.07. The molecule has 3 heteroatoms. The lowest BCUT2D eigenvalue weighted by atomic mass is 10.2. The van der Waals surface area contributed by atoms with Crippen molar-refractivity contribution < 1.29 is 4.21 Å². The van der Waals surface area contributed by atoms with Gasteiger partial charge in [-0.15, -0.1) is 0 Å². The lowest BCUT2D eigenvalue weighted by molar-refractivity contribution is 0.684. The summed E-state index contributed by atoms with van der Waals surface area (Å²) in [6.07, 6.45) is 3.28. The van der Waals surface area contributed by atoms with Crippen molar-refractivity contribution in [2.45, 2.75) is 6.92 Å². The molecule has 0 saturated carbocycles. The molecule has 66 valence electrons. The molecule has 0 N–H and O–H groups in total. The van der Waals surface area contributed by atoms with Gasteiger partial charge in [0.15, 0.2) is 0 Å². The average Bonchev–Trinajstić information content (AvgIpc) is 1.91. The van der Waals surface area contributed by atoms with Crippen LogP contribution in [0, 0.1) is 6.92 Å². The summed E-state index contributed by atoms with van der Waals surface area (Å²) in [7, 11) is -2.02. The number of rotatable bonds is 1. The average molecular weight is 183 g/mol. The maximum Gasteiger partial charge on any atom is 0.0759 e. The summed E-state index contributed by atoms with van der Waals surface area (Å²) >= 11 is 0. The number of hydrogen-bond donors (Lipinski definition) is 0. The Balaban J connectivity index is 3.23. The van der Waals surface area contributed by atoms with Gasteiger partial charge in [0, 0.05) is 22.2 Å². The van der Waals surface area contributed by atoms with E-state index in [9.17, 15) is 4.21 Å². The molecule has 2 nitrogen and oxygen atoms in total. The molecule has 0 heterocycles. The zero-order chi connectivity index (χ0) is 9.19. The maximum absolute atomic E-state index is 11.3. The quantitative estimate of drug-likeness (QED) is 0.657. The molecule has 0 radical (unpaired) electrons. The van der Waals surface area contributed by atoms with Crippen LogP contribution in [0.25, 0.3) is 0 Å². The monoisotopic (exact) mass is 183 g/mol. The van der Waals surface area contributed by atoms with Crippen LogP contribution in [0.4, 0.5) is 5.69 Å². The molecule has 0 amide bonds. The van der Waals surface area contributed by atoms with Crippen molar-refractivity contribution >= 4 is 15.4 Å². The van der Waals surface area contributed by atoms with Crippen molar-refractivity contribution in [2.75, 3.05) is 12.5 Å². The normalized spacial score (nSPS) is 11.2. The van der Waals surface area contributed by atoms with E-state index >= 15 is 0 Å². The van der Waals surface area contributed by atoms with E-state index in [1.807, 2.05) is 31.2 Å². The molecule has 0 aromatic heterocycles. The van der Waals surface area contributed by atoms with Gasteiger partial charge < -0.3 is 0 Å². The summed E-state index contributed by atoms with van der Waals surface area (Å²) in [5, 5.41) is 0. The van der Waals surface area contributed by atoms with Crippen molar-refractivity contribution in [2.24, 2.45) is 4.36 Å². The van der Waals surface area contributed by atoms with Crippen LogP contribution in [-0.4, -0.2) is 16.7 Å². The largest absolute Gasteiger partial charge is 0.250 e. The van der Waals surface area contributed by atoms with Gasteiger partial charge in [-0.2, -0.15) is 4.36 Å². The summed E-state index contributed by atoms with van der Waals surface area (Å²) in [4.78, 5) is 0. The molecule has 1 aromatic carbocycles. The smallest absolute Gasteiger partial charge is 0.0759 e. The minimum Gasteiger partial charge on any atom is -0.250 e. The number of nitrogens with zero attached hydrogens (tertiary/aromatic N) is 1. The molecule has 12 heavy (non-hydrogen) atoms. The summed E-state index contributed by atoms with van der Waals surface area (Å²) in [5.41, 5.74) is 1.89. The molecule has 0 spiro atoms. The van der Waals surface area contributed by atoms with Crippen molar-refractivity contribution in [1.82, 2.24) is 0 Å². The predicted molar refractivity (Wildman–Crippen MR) is 53.3 cm³/mol. The molecule has 1 rings (SSSR count). The second kappa shape index (κ2) is 3.27. The van der Waals surface area contributed by atoms with Gasteiger partial charge in [0.1, 0.15) is 0 Å². The van der Waals surface area contributed by atoms with E-state index in [2.05, 4.69) is 4.36 Å². The Kier molecular flexibility index (Phi) is 2.52. The van der Waals surface area contributed by atoms with E-state index in [-0.39, 0.29) is 0 Å². The highest BCUT2D eigenvalue weighted by molar-refractivity contribution is 7.92. The summed E-state index contributed by atoms with van der Waals surface area (Å²) in [5.74, 6) is 0. The van der Waals surface area contributed by atoms with Crippen LogP contribution in [-0.2, 0) is 9.73 Å². The first-order chi connectivity index (χ1) is 5.49. The van der Waals surface area contributed by atoms with Crippen LogP contribution in [0.3, 0.4) is 0 Å². The van der Waals surface area contributed by atoms with E-state index in [1.54, 1.807) is 12.5 Å². The summed E-state index contributed by atoms with van der Waals surface area (Å²) in [6, 6.07) is 7.69. The third kappa shape index (κ3) is 2.66. The van der Waals surface area contributed by atoms with Crippen LogP contribution in [0.5, 0.6) is 0 Å². The van der Waals surface area contributed by atoms with Gasteiger partial charge in [-0.25, -0.2) is 4.21 Å². The molecule has 0 unspecified atom stereocenters. The van der Waals surface area contributed by atoms with Gasteiger partial charge in [0.25, 0.3) is 0 Å². The first-order valence-electron chi connectivity index (χ1n) is 3.72. The highest BCUT2D eigenvalue weighted by Crippen LogP contribution is 2.18. The Morgan fingerprint density at radius 1 is 1.25 bits per heavy atom. The molecule has 0 aliphatic carbocycles. The topological polar surface area (TPSA) is 29.4 Å². The van der Waals surface area contributed by atoms with Gasteiger partial charge in [-0.1, -0.05) is 18.2 Å². The zero-order valence-corrected chi connectivity index (χ0v) is 8.39. The molecular weight excluding hydrogens is 170 g/mol. The standard InChI is InChI=1S/C9H13NOS/c1-8-6-4-5-7-9(8)10-12(2,3)11/h4-7H,1-3H3. The van der Waals surface area contributed by atoms with Crippen molar-refractivity contribution in [3.05, 3.63) is 29.8 Å². The van der Waals surface area contributed by atoms with Crippen molar-refractivity contribution in [1.29, 1.82) is 0 Å². The lowest BCUT2D eigenvalue weighted by Gasteiger charge is -1.99. The maximum atomic E-state index is 11.3. The van der Waals surface area contributed by atoms with Gasteiger partial charge in [-0.05, 0) is 18.6 Å². The molecule has 0 bridgehead atoms. The van der Waals surface area contributed by atoms with Gasteiger partial charge in [0.05, 0.1) is 5.69 Å². The first-order valence-corrected chi connectivity index (χ1v) is 6.05. The Bertz CT molecular complexity index is 381. The predicted octanol–water partition coefficient (Wildman–Crippen LogP) is 2.35. The van der Waals surface area contributed by atoms with Crippen molar-refractivity contribution in [3.8, 4) is 0 Å². The van der Waals surface area contributed by atoms with Crippen LogP contribution < -0.4 is 0 Å². The van der Waals surface area contributed by atoms with E-state index in [0.717, 1.165) is 11.3 Å². The van der Waals surface area contributed by atoms with Crippen molar-refractivity contribution in [3.63, 3.8) is 0 Å². The Hall–Kier alpha value is -0.830.